The third-order valence-corrected chi connectivity index (χ3v) is 10.4. The zero-order chi connectivity index (χ0) is 31.3. The van der Waals surface area contributed by atoms with Gasteiger partial charge in [0.05, 0.1) is 30.9 Å². The Labute approximate surface area is 249 Å². The van der Waals surface area contributed by atoms with Gasteiger partial charge in [-0.15, -0.1) is 0 Å². The van der Waals surface area contributed by atoms with Crippen molar-refractivity contribution in [3.63, 3.8) is 0 Å². The Bertz CT molecular complexity index is 1480. The Balaban J connectivity index is 1.40. The number of likely N-dealkylation sites (tertiary alicyclic amines) is 1. The molecule has 2 heterocycles. The van der Waals surface area contributed by atoms with Crippen LogP contribution in [-0.2, 0) is 32.1 Å². The number of halogens is 3. The average molecular weight is 624 g/mol. The summed E-state index contributed by atoms with van der Waals surface area (Å²) in [5.74, 6) is 0.607. The van der Waals surface area contributed by atoms with Crippen molar-refractivity contribution in [1.82, 2.24) is 14.7 Å². The molecule has 43 heavy (non-hydrogen) atoms. The van der Waals surface area contributed by atoms with Crippen molar-refractivity contribution >= 4 is 15.6 Å². The molecular formula is C30H36F3N3O6S. The fourth-order valence-corrected chi connectivity index (χ4v) is 7.28. The number of carbonyl (C=O) groups excluding carboxylic acids is 1. The molecule has 13 heteroatoms. The van der Waals surface area contributed by atoms with Crippen LogP contribution < -0.4 is 9.47 Å². The van der Waals surface area contributed by atoms with Gasteiger partial charge >= 0.3 is 6.18 Å². The summed E-state index contributed by atoms with van der Waals surface area (Å²) < 4.78 is 83.3. The van der Waals surface area contributed by atoms with Gasteiger partial charge in [-0.25, -0.2) is 8.42 Å². The van der Waals surface area contributed by atoms with Crippen molar-refractivity contribution in [2.45, 2.75) is 48.5 Å². The lowest BCUT2D eigenvalue weighted by Crippen LogP contribution is -2.53. The van der Waals surface area contributed by atoms with Crippen LogP contribution >= 0.6 is 0 Å². The number of benzene rings is 2. The fraction of sp³-hybridized carbons (Fsp3) is 0.467. The van der Waals surface area contributed by atoms with E-state index in [-0.39, 0.29) is 36.7 Å². The number of rotatable bonds is 13. The van der Waals surface area contributed by atoms with Crippen LogP contribution in [0.2, 0.25) is 0 Å². The first kappa shape index (κ1) is 32.5. The molecule has 1 aromatic heterocycles. The highest BCUT2D eigenvalue weighted by molar-refractivity contribution is 7.93. The molecule has 0 spiro atoms. The first-order valence-electron chi connectivity index (χ1n) is 13.9. The topological polar surface area (TPSA) is 100.0 Å². The summed E-state index contributed by atoms with van der Waals surface area (Å²) in [7, 11) is -0.854. The number of methoxy groups -OCH3 is 2. The summed E-state index contributed by atoms with van der Waals surface area (Å²) in [4.78, 5) is 14.8. The second-order valence-corrected chi connectivity index (χ2v) is 12.7. The van der Waals surface area contributed by atoms with Gasteiger partial charge in [-0.3, -0.25) is 9.48 Å². The monoisotopic (exact) mass is 623 g/mol. The summed E-state index contributed by atoms with van der Waals surface area (Å²) in [5, 5.41) is 3.77. The zero-order valence-electron chi connectivity index (χ0n) is 24.4. The largest absolute Gasteiger partial charge is 0.497 e. The number of carbonyl (C=O) groups is 1. The molecular weight excluding hydrogens is 587 g/mol. The second-order valence-electron chi connectivity index (χ2n) is 10.4. The minimum Gasteiger partial charge on any atom is -0.497 e. The Morgan fingerprint density at radius 1 is 0.953 bits per heavy atom. The first-order chi connectivity index (χ1) is 20.4. The standard InChI is InChI=1S/C30H36F3N3O6S/c1-22(37)29(13-16-35(17-14-29)18-20-40-2)43(38,39)26-11-9-25(10-12-26)42-19-4-15-36-27(21-28(34-36)30(31,32)33)23-5-7-24(41-3)8-6-23/h5-12,21H,4,13-20H2,1-3H3. The number of sulfone groups is 1. The van der Waals surface area contributed by atoms with Crippen LogP contribution in [-0.4, -0.2) is 80.7 Å². The Morgan fingerprint density at radius 3 is 2.14 bits per heavy atom. The molecule has 1 fully saturated rings. The molecule has 0 aliphatic carbocycles. The molecule has 1 aliphatic rings. The number of nitrogens with zero attached hydrogens (tertiary/aromatic N) is 3. The van der Waals surface area contributed by atoms with Gasteiger partial charge in [0.2, 0.25) is 0 Å². The van der Waals surface area contributed by atoms with Gasteiger partial charge in [0, 0.05) is 45.3 Å². The number of ether oxygens (including phenoxy) is 3. The van der Waals surface area contributed by atoms with Gasteiger partial charge in [0.25, 0.3) is 0 Å². The molecule has 0 radical (unpaired) electrons. The highest BCUT2D eigenvalue weighted by Gasteiger charge is 2.50. The van der Waals surface area contributed by atoms with Gasteiger partial charge < -0.3 is 19.1 Å². The van der Waals surface area contributed by atoms with E-state index < -0.39 is 26.5 Å². The highest BCUT2D eigenvalue weighted by Crippen LogP contribution is 2.37. The van der Waals surface area contributed by atoms with Gasteiger partial charge in [-0.05, 0) is 74.4 Å². The normalized spacial score (nSPS) is 15.8. The summed E-state index contributed by atoms with van der Waals surface area (Å²) in [6.07, 6.45) is -3.84. The molecule has 1 aliphatic heterocycles. The maximum Gasteiger partial charge on any atom is 0.435 e. The fourth-order valence-electron chi connectivity index (χ4n) is 5.23. The first-order valence-corrected chi connectivity index (χ1v) is 15.4. The smallest absolute Gasteiger partial charge is 0.435 e. The Kier molecular flexibility index (Phi) is 10.2. The van der Waals surface area contributed by atoms with E-state index in [4.69, 9.17) is 14.2 Å². The van der Waals surface area contributed by atoms with Crippen LogP contribution in [0, 0.1) is 0 Å². The maximum absolute atomic E-state index is 13.7. The van der Waals surface area contributed by atoms with Crippen molar-refractivity contribution in [2.24, 2.45) is 0 Å². The van der Waals surface area contributed by atoms with E-state index in [1.807, 2.05) is 0 Å². The third-order valence-electron chi connectivity index (χ3n) is 7.80. The molecule has 9 nitrogen and oxygen atoms in total. The van der Waals surface area contributed by atoms with E-state index in [0.29, 0.717) is 55.4 Å². The van der Waals surface area contributed by atoms with E-state index in [2.05, 4.69) is 10.00 Å². The van der Waals surface area contributed by atoms with Crippen LogP contribution in [0.15, 0.2) is 59.5 Å². The van der Waals surface area contributed by atoms with E-state index in [1.54, 1.807) is 31.4 Å². The summed E-state index contributed by atoms with van der Waals surface area (Å²) >= 11 is 0. The lowest BCUT2D eigenvalue weighted by molar-refractivity contribution is -0.141. The van der Waals surface area contributed by atoms with Gasteiger partial charge in [-0.1, -0.05) is 0 Å². The maximum atomic E-state index is 13.7. The number of hydrogen-bond acceptors (Lipinski definition) is 8. The number of aromatic nitrogens is 2. The molecule has 234 valence electrons. The minimum absolute atomic E-state index is 0.0424. The molecule has 3 aromatic rings. The van der Waals surface area contributed by atoms with Crippen LogP contribution in [0.25, 0.3) is 11.3 Å². The summed E-state index contributed by atoms with van der Waals surface area (Å²) in [6, 6.07) is 13.6. The molecule has 0 N–H and O–H groups in total. The van der Waals surface area contributed by atoms with E-state index in [9.17, 15) is 26.4 Å². The van der Waals surface area contributed by atoms with E-state index in [1.165, 1.54) is 43.0 Å². The van der Waals surface area contributed by atoms with Crippen LogP contribution in [0.5, 0.6) is 11.5 Å². The highest BCUT2D eigenvalue weighted by atomic mass is 32.2. The molecule has 4 rings (SSSR count). The number of ketones is 1. The predicted molar refractivity (Wildman–Crippen MR) is 154 cm³/mol. The molecule has 0 atom stereocenters. The Hall–Kier alpha value is -3.42. The van der Waals surface area contributed by atoms with Gasteiger partial charge in [-0.2, -0.15) is 18.3 Å². The average Bonchev–Trinajstić information content (AvgIpc) is 3.43. The summed E-state index contributed by atoms with van der Waals surface area (Å²) in [5.41, 5.74) is -0.112. The van der Waals surface area contributed by atoms with Crippen molar-refractivity contribution in [3.8, 4) is 22.8 Å². The van der Waals surface area contributed by atoms with E-state index in [0.717, 1.165) is 6.07 Å². The molecule has 0 bridgehead atoms. The van der Waals surface area contributed by atoms with Gasteiger partial charge in [0.15, 0.2) is 21.3 Å². The Morgan fingerprint density at radius 2 is 1.58 bits per heavy atom. The third kappa shape index (κ3) is 7.22. The number of alkyl halides is 3. The van der Waals surface area contributed by atoms with Crippen LogP contribution in [0.4, 0.5) is 13.2 Å². The molecule has 0 saturated carbocycles. The van der Waals surface area contributed by atoms with E-state index >= 15 is 0 Å². The van der Waals surface area contributed by atoms with Gasteiger partial charge in [0.1, 0.15) is 16.2 Å². The lowest BCUT2D eigenvalue weighted by Gasteiger charge is -2.39. The van der Waals surface area contributed by atoms with Crippen molar-refractivity contribution < 1.29 is 40.6 Å². The molecule has 0 amide bonds. The van der Waals surface area contributed by atoms with Crippen molar-refractivity contribution in [1.29, 1.82) is 0 Å². The quantitative estimate of drug-likeness (QED) is 0.248. The zero-order valence-corrected chi connectivity index (χ0v) is 25.2. The predicted octanol–water partition coefficient (Wildman–Crippen LogP) is 4.89. The molecule has 0 unspecified atom stereocenters. The molecule has 2 aromatic carbocycles. The number of piperidine rings is 1. The molecule has 1 saturated heterocycles. The number of aryl methyl sites for hydroxylation is 1. The van der Waals surface area contributed by atoms with Crippen LogP contribution in [0.1, 0.15) is 31.9 Å². The SMILES string of the molecule is COCCN1CCC(C(C)=O)(S(=O)(=O)c2ccc(OCCCn3nc(C(F)(F)F)cc3-c3ccc(OC)cc3)cc2)CC1. The summed E-state index contributed by atoms with van der Waals surface area (Å²) in [6.45, 7) is 3.80. The van der Waals surface area contributed by atoms with Crippen molar-refractivity contribution in [2.75, 3.05) is 47.1 Å². The number of hydrogen-bond donors (Lipinski definition) is 0. The second kappa shape index (κ2) is 13.5. The lowest BCUT2D eigenvalue weighted by atomic mass is 9.92. The van der Waals surface area contributed by atoms with Crippen molar-refractivity contribution in [3.05, 3.63) is 60.3 Å². The van der Waals surface area contributed by atoms with Crippen LogP contribution in [0.3, 0.4) is 0 Å². The number of Topliss-reactive ketones (excluding diaryl/α,β-unsaturated/α-hetero) is 1. The minimum atomic E-state index is -4.59.